The maximum atomic E-state index is 12.7. The molecule has 0 radical (unpaired) electrons. The van der Waals surface area contributed by atoms with Crippen molar-refractivity contribution in [3.05, 3.63) is 42.1 Å². The number of nitrogens with zero attached hydrogens (tertiary/aromatic N) is 2. The predicted molar refractivity (Wildman–Crippen MR) is 111 cm³/mol. The van der Waals surface area contributed by atoms with Gasteiger partial charge in [-0.2, -0.15) is 13.2 Å². The molecule has 160 valence electrons. The molecule has 1 saturated carbocycles. The first-order valence-electron chi connectivity index (χ1n) is 10.0. The highest BCUT2D eigenvalue weighted by Crippen LogP contribution is 2.44. The van der Waals surface area contributed by atoms with Gasteiger partial charge in [-0.1, -0.05) is 6.07 Å². The van der Waals surface area contributed by atoms with Crippen molar-refractivity contribution in [2.24, 2.45) is 0 Å². The number of aromatic nitrogens is 2. The number of benzene rings is 1. The lowest BCUT2D eigenvalue weighted by atomic mass is 9.92. The highest BCUT2D eigenvalue weighted by molar-refractivity contribution is 6.01. The Morgan fingerprint density at radius 3 is 2.60 bits per heavy atom. The number of nitrogen functional groups attached to an aromatic ring is 1. The zero-order valence-corrected chi connectivity index (χ0v) is 17.0. The molecule has 1 aliphatic rings. The van der Waals surface area contributed by atoms with E-state index < -0.39 is 12.2 Å². The lowest BCUT2D eigenvalue weighted by Gasteiger charge is -2.30. The van der Waals surface area contributed by atoms with E-state index in [1.165, 1.54) is 6.42 Å². The molecule has 1 atom stereocenters. The molecule has 1 fully saturated rings. The van der Waals surface area contributed by atoms with Crippen molar-refractivity contribution in [2.75, 3.05) is 12.8 Å². The van der Waals surface area contributed by atoms with Crippen molar-refractivity contribution in [1.82, 2.24) is 14.9 Å². The van der Waals surface area contributed by atoms with E-state index in [-0.39, 0.29) is 6.54 Å². The first kappa shape index (κ1) is 20.5. The lowest BCUT2D eigenvalue weighted by Crippen LogP contribution is -2.39. The number of halogens is 3. The zero-order chi connectivity index (χ0) is 21.5. The minimum Gasteiger partial charge on any atom is -0.497 e. The second-order valence-electron chi connectivity index (χ2n) is 7.80. The smallest absolute Gasteiger partial charge is 0.403 e. The maximum Gasteiger partial charge on any atom is 0.403 e. The summed E-state index contributed by atoms with van der Waals surface area (Å²) in [6.45, 7) is 1.19. The number of pyridine rings is 1. The molecule has 2 heterocycles. The number of rotatable bonds is 6. The van der Waals surface area contributed by atoms with Crippen LogP contribution in [0.15, 0.2) is 36.5 Å². The standard InChI is InChI=1S/C22H25F3N4O/c1-13(22(23,24)25)27-11-14-6-9-18(28-12-14)21-20(26)17-8-7-16(30-2)10-19(17)29(21)15-4-3-5-15/h6-10,12-13,15,27H,3-5,11,26H2,1-2H3. The van der Waals surface area contributed by atoms with Crippen LogP contribution in [0.3, 0.4) is 0 Å². The van der Waals surface area contributed by atoms with Crippen LogP contribution < -0.4 is 15.8 Å². The first-order chi connectivity index (χ1) is 14.3. The van der Waals surface area contributed by atoms with Crippen LogP contribution in [0.5, 0.6) is 5.75 Å². The molecule has 1 aliphatic carbocycles. The Morgan fingerprint density at radius 2 is 2.03 bits per heavy atom. The molecule has 4 rings (SSSR count). The summed E-state index contributed by atoms with van der Waals surface area (Å²) in [6.07, 6.45) is 0.652. The third-order valence-corrected chi connectivity index (χ3v) is 5.86. The second kappa shape index (κ2) is 7.83. The van der Waals surface area contributed by atoms with Gasteiger partial charge < -0.3 is 20.4 Å². The number of nitrogens with one attached hydrogen (secondary N) is 1. The summed E-state index contributed by atoms with van der Waals surface area (Å²) in [7, 11) is 1.63. The molecule has 3 aromatic rings. The van der Waals surface area contributed by atoms with Crippen LogP contribution in [-0.2, 0) is 6.54 Å². The maximum absolute atomic E-state index is 12.7. The highest BCUT2D eigenvalue weighted by atomic mass is 19.4. The summed E-state index contributed by atoms with van der Waals surface area (Å²) >= 11 is 0. The number of methoxy groups -OCH3 is 1. The van der Waals surface area contributed by atoms with Gasteiger partial charge in [-0.05, 0) is 49.9 Å². The van der Waals surface area contributed by atoms with Gasteiger partial charge in [-0.3, -0.25) is 4.98 Å². The van der Waals surface area contributed by atoms with Crippen LogP contribution >= 0.6 is 0 Å². The Morgan fingerprint density at radius 1 is 1.27 bits per heavy atom. The average Bonchev–Trinajstić information content (AvgIpc) is 2.96. The molecule has 1 aromatic carbocycles. The molecule has 0 amide bonds. The largest absolute Gasteiger partial charge is 0.497 e. The Balaban J connectivity index is 1.68. The molecule has 0 aliphatic heterocycles. The number of ether oxygens (including phenoxy) is 1. The van der Waals surface area contributed by atoms with Gasteiger partial charge >= 0.3 is 6.18 Å². The SMILES string of the molecule is COc1ccc2c(N)c(-c3ccc(CNC(C)C(F)(F)F)cn3)n(C3CCC3)c2c1. The van der Waals surface area contributed by atoms with Crippen LogP contribution in [0.4, 0.5) is 18.9 Å². The topological polar surface area (TPSA) is 65.1 Å². The van der Waals surface area contributed by atoms with E-state index in [2.05, 4.69) is 14.9 Å². The fraction of sp³-hybridized carbons (Fsp3) is 0.409. The molecule has 30 heavy (non-hydrogen) atoms. The Labute approximate surface area is 173 Å². The van der Waals surface area contributed by atoms with E-state index in [1.807, 2.05) is 24.3 Å². The van der Waals surface area contributed by atoms with Crippen molar-refractivity contribution in [1.29, 1.82) is 0 Å². The van der Waals surface area contributed by atoms with Crippen molar-refractivity contribution < 1.29 is 17.9 Å². The summed E-state index contributed by atoms with van der Waals surface area (Å²) in [5.74, 6) is 0.764. The molecule has 8 heteroatoms. The van der Waals surface area contributed by atoms with Gasteiger partial charge in [-0.15, -0.1) is 0 Å². The Bertz CT molecular complexity index is 1040. The van der Waals surface area contributed by atoms with Crippen molar-refractivity contribution in [3.8, 4) is 17.1 Å². The third-order valence-electron chi connectivity index (χ3n) is 5.86. The number of alkyl halides is 3. The van der Waals surface area contributed by atoms with E-state index in [0.29, 0.717) is 23.0 Å². The Kier molecular flexibility index (Phi) is 5.36. The molecule has 0 saturated heterocycles. The van der Waals surface area contributed by atoms with E-state index in [1.54, 1.807) is 19.4 Å². The minimum absolute atomic E-state index is 0.0895. The molecule has 0 bridgehead atoms. The van der Waals surface area contributed by atoms with E-state index in [0.717, 1.165) is 42.1 Å². The summed E-state index contributed by atoms with van der Waals surface area (Å²) in [6, 6.07) is 8.22. The van der Waals surface area contributed by atoms with Gasteiger partial charge in [0.25, 0.3) is 0 Å². The van der Waals surface area contributed by atoms with Crippen LogP contribution in [0, 0.1) is 0 Å². The van der Waals surface area contributed by atoms with E-state index in [9.17, 15) is 13.2 Å². The van der Waals surface area contributed by atoms with Gasteiger partial charge in [0.05, 0.1) is 29.7 Å². The highest BCUT2D eigenvalue weighted by Gasteiger charge is 2.35. The quantitative estimate of drug-likeness (QED) is 0.587. The average molecular weight is 418 g/mol. The fourth-order valence-electron chi connectivity index (χ4n) is 3.78. The number of anilines is 1. The molecular weight excluding hydrogens is 393 g/mol. The van der Waals surface area contributed by atoms with E-state index >= 15 is 0 Å². The first-order valence-corrected chi connectivity index (χ1v) is 10.0. The summed E-state index contributed by atoms with van der Waals surface area (Å²) < 4.78 is 45.7. The summed E-state index contributed by atoms with van der Waals surface area (Å²) in [4.78, 5) is 4.54. The van der Waals surface area contributed by atoms with E-state index in [4.69, 9.17) is 10.5 Å². The lowest BCUT2D eigenvalue weighted by molar-refractivity contribution is -0.151. The molecule has 2 aromatic heterocycles. The van der Waals surface area contributed by atoms with Gasteiger partial charge in [0, 0.05) is 30.2 Å². The number of hydrogen-bond acceptors (Lipinski definition) is 4. The van der Waals surface area contributed by atoms with Crippen LogP contribution in [0.1, 0.15) is 37.8 Å². The molecule has 1 unspecified atom stereocenters. The number of fused-ring (bicyclic) bond motifs is 1. The minimum atomic E-state index is -4.27. The van der Waals surface area contributed by atoms with Crippen LogP contribution in [0.25, 0.3) is 22.3 Å². The number of nitrogens with two attached hydrogens (primary N) is 1. The molecule has 5 nitrogen and oxygen atoms in total. The van der Waals surface area contributed by atoms with Crippen LogP contribution in [-0.4, -0.2) is 28.9 Å². The normalized spacial score (nSPS) is 15.9. The van der Waals surface area contributed by atoms with Crippen molar-refractivity contribution in [3.63, 3.8) is 0 Å². The van der Waals surface area contributed by atoms with Gasteiger partial charge in [0.2, 0.25) is 0 Å². The number of hydrogen-bond donors (Lipinski definition) is 2. The van der Waals surface area contributed by atoms with Crippen molar-refractivity contribution >= 4 is 16.6 Å². The molecular formula is C22H25F3N4O. The Hall–Kier alpha value is -2.74. The second-order valence-corrected chi connectivity index (χ2v) is 7.80. The monoisotopic (exact) mass is 418 g/mol. The fourth-order valence-corrected chi connectivity index (χ4v) is 3.78. The molecule has 3 N–H and O–H groups in total. The zero-order valence-electron chi connectivity index (χ0n) is 17.0. The predicted octanol–water partition coefficient (Wildman–Crippen LogP) is 5.06. The van der Waals surface area contributed by atoms with Gasteiger partial charge in [0.15, 0.2) is 0 Å². The summed E-state index contributed by atoms with van der Waals surface area (Å²) in [5.41, 5.74) is 10.4. The third kappa shape index (κ3) is 3.71. The van der Waals surface area contributed by atoms with Crippen molar-refractivity contribution in [2.45, 2.75) is 51.0 Å². The molecule has 0 spiro atoms. The van der Waals surface area contributed by atoms with Crippen LogP contribution in [0.2, 0.25) is 0 Å². The summed E-state index contributed by atoms with van der Waals surface area (Å²) in [5, 5.41) is 3.43. The van der Waals surface area contributed by atoms with Gasteiger partial charge in [0.1, 0.15) is 11.8 Å². The van der Waals surface area contributed by atoms with Gasteiger partial charge in [-0.25, -0.2) is 0 Å².